The second-order valence-electron chi connectivity index (χ2n) is 5.23. The normalized spacial score (nSPS) is 10.8. The van der Waals surface area contributed by atoms with E-state index < -0.39 is 0 Å². The molecule has 0 spiro atoms. The van der Waals surface area contributed by atoms with E-state index in [1.807, 2.05) is 6.20 Å². The molecule has 0 bridgehead atoms. The van der Waals surface area contributed by atoms with Gasteiger partial charge in [0, 0.05) is 18.7 Å². The minimum absolute atomic E-state index is 0.336. The second kappa shape index (κ2) is 6.48. The molecule has 3 N–H and O–H groups in total. The zero-order chi connectivity index (χ0) is 14.5. The second-order valence-corrected chi connectivity index (χ2v) is 5.23. The summed E-state index contributed by atoms with van der Waals surface area (Å²) in [5.41, 5.74) is 9.82. The van der Waals surface area contributed by atoms with Gasteiger partial charge >= 0.3 is 0 Å². The van der Waals surface area contributed by atoms with Crippen LogP contribution in [0.5, 0.6) is 0 Å². The van der Waals surface area contributed by atoms with Gasteiger partial charge in [0.2, 0.25) is 0 Å². The molecule has 0 fully saturated rings. The molecule has 1 aromatic carbocycles. The van der Waals surface area contributed by atoms with Gasteiger partial charge in [0.1, 0.15) is 0 Å². The van der Waals surface area contributed by atoms with Crippen molar-refractivity contribution in [1.82, 2.24) is 9.97 Å². The monoisotopic (exact) mass is 270 g/mol. The van der Waals surface area contributed by atoms with Crippen LogP contribution in [0.1, 0.15) is 31.0 Å². The molecule has 0 unspecified atom stereocenters. The predicted molar refractivity (Wildman–Crippen MR) is 83.8 cm³/mol. The Hall–Kier alpha value is -1.94. The first kappa shape index (κ1) is 14.5. The van der Waals surface area contributed by atoms with Crippen LogP contribution in [0, 0.1) is 6.92 Å². The number of hydrogen-bond acceptors (Lipinski definition) is 4. The molecule has 1 heterocycles. The minimum Gasteiger partial charge on any atom is -0.381 e. The Bertz CT molecular complexity index is 561. The van der Waals surface area contributed by atoms with Crippen molar-refractivity contribution in [2.24, 2.45) is 5.73 Å². The van der Waals surface area contributed by atoms with Crippen LogP contribution in [-0.4, -0.2) is 23.1 Å². The number of nitrogens with zero attached hydrogens (tertiary/aromatic N) is 2. The molecule has 1 aromatic heterocycles. The summed E-state index contributed by atoms with van der Waals surface area (Å²) < 4.78 is 0. The number of anilines is 1. The lowest BCUT2D eigenvalue weighted by Crippen LogP contribution is -2.15. The van der Waals surface area contributed by atoms with Gasteiger partial charge in [-0.1, -0.05) is 43.7 Å². The summed E-state index contributed by atoms with van der Waals surface area (Å²) in [6, 6.07) is 8.27. The van der Waals surface area contributed by atoms with Crippen molar-refractivity contribution in [3.05, 3.63) is 41.7 Å². The van der Waals surface area contributed by atoms with E-state index >= 15 is 0 Å². The van der Waals surface area contributed by atoms with Crippen molar-refractivity contribution in [3.63, 3.8) is 0 Å². The van der Waals surface area contributed by atoms with Crippen molar-refractivity contribution in [3.8, 4) is 11.4 Å². The Morgan fingerprint density at radius 3 is 2.50 bits per heavy atom. The highest BCUT2D eigenvalue weighted by atomic mass is 15.0. The van der Waals surface area contributed by atoms with Gasteiger partial charge < -0.3 is 11.1 Å². The van der Waals surface area contributed by atoms with Gasteiger partial charge in [0.25, 0.3) is 0 Å². The zero-order valence-corrected chi connectivity index (χ0v) is 12.4. The fourth-order valence-corrected chi connectivity index (χ4v) is 2.02. The summed E-state index contributed by atoms with van der Waals surface area (Å²) in [7, 11) is 0. The molecule has 4 nitrogen and oxygen atoms in total. The maximum atomic E-state index is 5.53. The summed E-state index contributed by atoms with van der Waals surface area (Å²) in [6.07, 6.45) is 1.85. The Balaban J connectivity index is 2.36. The average molecular weight is 270 g/mol. The fourth-order valence-electron chi connectivity index (χ4n) is 2.02. The van der Waals surface area contributed by atoms with Gasteiger partial charge in [-0.3, -0.25) is 0 Å². The van der Waals surface area contributed by atoms with Crippen LogP contribution in [0.2, 0.25) is 0 Å². The van der Waals surface area contributed by atoms with Crippen molar-refractivity contribution in [1.29, 1.82) is 0 Å². The van der Waals surface area contributed by atoms with E-state index in [2.05, 4.69) is 55.3 Å². The third kappa shape index (κ3) is 3.33. The number of aromatic nitrogens is 2. The Morgan fingerprint density at radius 2 is 1.90 bits per heavy atom. The Kier molecular flexibility index (Phi) is 4.69. The van der Waals surface area contributed by atoms with E-state index in [0.717, 1.165) is 29.3 Å². The molecule has 0 aliphatic carbocycles. The Morgan fingerprint density at radius 1 is 1.20 bits per heavy atom. The first-order valence-electron chi connectivity index (χ1n) is 6.99. The lowest BCUT2D eigenvalue weighted by Gasteiger charge is -2.14. The SMILES string of the molecule is Cc1ccc(-c2ncc(NCCN)c(C(C)C)n2)cc1. The number of hydrogen-bond donors (Lipinski definition) is 2. The van der Waals surface area contributed by atoms with Crippen LogP contribution in [-0.2, 0) is 0 Å². The molecule has 2 aromatic rings. The molecule has 0 saturated carbocycles. The lowest BCUT2D eigenvalue weighted by atomic mass is 10.1. The quantitative estimate of drug-likeness (QED) is 0.876. The lowest BCUT2D eigenvalue weighted by molar-refractivity contribution is 0.815. The third-order valence-corrected chi connectivity index (χ3v) is 3.13. The van der Waals surface area contributed by atoms with Crippen molar-refractivity contribution in [2.75, 3.05) is 18.4 Å². The highest BCUT2D eigenvalue weighted by molar-refractivity contribution is 5.59. The van der Waals surface area contributed by atoms with Crippen LogP contribution in [0.3, 0.4) is 0 Å². The molecule has 2 rings (SSSR count). The van der Waals surface area contributed by atoms with E-state index in [-0.39, 0.29) is 0 Å². The highest BCUT2D eigenvalue weighted by Gasteiger charge is 2.11. The van der Waals surface area contributed by atoms with Crippen molar-refractivity contribution >= 4 is 5.69 Å². The van der Waals surface area contributed by atoms with Gasteiger partial charge in [0.05, 0.1) is 17.6 Å². The molecule has 0 aliphatic heterocycles. The molecule has 0 atom stereocenters. The zero-order valence-electron chi connectivity index (χ0n) is 12.4. The number of aryl methyl sites for hydroxylation is 1. The van der Waals surface area contributed by atoms with E-state index in [1.54, 1.807) is 0 Å². The van der Waals surface area contributed by atoms with Crippen LogP contribution in [0.4, 0.5) is 5.69 Å². The van der Waals surface area contributed by atoms with Crippen LogP contribution in [0.25, 0.3) is 11.4 Å². The van der Waals surface area contributed by atoms with Crippen LogP contribution >= 0.6 is 0 Å². The molecule has 0 aliphatic rings. The first-order valence-corrected chi connectivity index (χ1v) is 6.99. The van der Waals surface area contributed by atoms with Crippen molar-refractivity contribution in [2.45, 2.75) is 26.7 Å². The summed E-state index contributed by atoms with van der Waals surface area (Å²) in [5, 5.41) is 3.28. The third-order valence-electron chi connectivity index (χ3n) is 3.13. The van der Waals surface area contributed by atoms with Gasteiger partial charge in [-0.05, 0) is 12.8 Å². The fraction of sp³-hybridized carbons (Fsp3) is 0.375. The predicted octanol–water partition coefficient (Wildman–Crippen LogP) is 2.95. The van der Waals surface area contributed by atoms with E-state index in [0.29, 0.717) is 12.5 Å². The van der Waals surface area contributed by atoms with Gasteiger partial charge in [0.15, 0.2) is 5.82 Å². The van der Waals surface area contributed by atoms with Crippen LogP contribution < -0.4 is 11.1 Å². The molecular weight excluding hydrogens is 248 g/mol. The number of benzene rings is 1. The smallest absolute Gasteiger partial charge is 0.159 e. The van der Waals surface area contributed by atoms with E-state index in [4.69, 9.17) is 10.7 Å². The summed E-state index contributed by atoms with van der Waals surface area (Å²) in [5.74, 6) is 1.11. The maximum Gasteiger partial charge on any atom is 0.159 e. The van der Waals surface area contributed by atoms with Gasteiger partial charge in [-0.2, -0.15) is 0 Å². The molecule has 0 radical (unpaired) electrons. The number of nitrogens with two attached hydrogens (primary N) is 1. The molecule has 0 amide bonds. The summed E-state index contributed by atoms with van der Waals surface area (Å²) in [6.45, 7) is 7.66. The van der Waals surface area contributed by atoms with Gasteiger partial charge in [-0.15, -0.1) is 0 Å². The molecular formula is C16H22N4. The summed E-state index contributed by atoms with van der Waals surface area (Å²) >= 11 is 0. The first-order chi connectivity index (χ1) is 9.61. The molecule has 106 valence electrons. The topological polar surface area (TPSA) is 63.8 Å². The molecule has 4 heteroatoms. The summed E-state index contributed by atoms with van der Waals surface area (Å²) in [4.78, 5) is 9.17. The average Bonchev–Trinajstić information content (AvgIpc) is 2.45. The van der Waals surface area contributed by atoms with E-state index in [1.165, 1.54) is 5.56 Å². The number of nitrogens with one attached hydrogen (secondary N) is 1. The maximum absolute atomic E-state index is 5.53. The largest absolute Gasteiger partial charge is 0.381 e. The highest BCUT2D eigenvalue weighted by Crippen LogP contribution is 2.24. The molecule has 0 saturated heterocycles. The van der Waals surface area contributed by atoms with Gasteiger partial charge in [-0.25, -0.2) is 9.97 Å². The van der Waals surface area contributed by atoms with Crippen molar-refractivity contribution < 1.29 is 0 Å². The standard InChI is InChI=1S/C16H22N4/c1-11(2)15-14(18-9-8-17)10-19-16(20-15)13-6-4-12(3)5-7-13/h4-7,10-11,18H,8-9,17H2,1-3H3. The Labute approximate surface area is 120 Å². The number of rotatable bonds is 5. The van der Waals surface area contributed by atoms with E-state index in [9.17, 15) is 0 Å². The minimum atomic E-state index is 0.336. The molecule has 20 heavy (non-hydrogen) atoms. The van der Waals surface area contributed by atoms with Crippen LogP contribution in [0.15, 0.2) is 30.5 Å².